The molecule has 0 aliphatic carbocycles. The minimum absolute atomic E-state index is 0.362. The minimum Gasteiger partial charge on any atom is -0.465 e. The van der Waals surface area contributed by atoms with E-state index < -0.39 is 0 Å². The molecule has 5 heteroatoms. The molecule has 2 rings (SSSR count). The Balaban J connectivity index is 2.39. The quantitative estimate of drug-likeness (QED) is 0.610. The summed E-state index contributed by atoms with van der Waals surface area (Å²) in [6.45, 7) is 2.76. The zero-order chi connectivity index (χ0) is 12.3. The summed E-state index contributed by atoms with van der Waals surface area (Å²) in [4.78, 5) is 13.8. The lowest BCUT2D eigenvalue weighted by atomic mass is 10.1. The maximum atomic E-state index is 11.7. The first-order chi connectivity index (χ1) is 8.24. The van der Waals surface area contributed by atoms with Gasteiger partial charge in [0, 0.05) is 13.1 Å². The highest BCUT2D eigenvalue weighted by Gasteiger charge is 2.21. The van der Waals surface area contributed by atoms with E-state index in [1.165, 1.54) is 7.11 Å². The van der Waals surface area contributed by atoms with Crippen LogP contribution in [0.5, 0.6) is 0 Å². The number of benzene rings is 1. The van der Waals surface area contributed by atoms with Gasteiger partial charge < -0.3 is 20.1 Å². The molecule has 1 heterocycles. The number of ether oxygens (including phenoxy) is 2. The van der Waals surface area contributed by atoms with Crippen molar-refractivity contribution in [3.8, 4) is 0 Å². The Hall–Kier alpha value is -1.75. The third kappa shape index (κ3) is 2.34. The molecule has 1 fully saturated rings. The zero-order valence-electron chi connectivity index (χ0n) is 9.81. The van der Waals surface area contributed by atoms with Crippen LogP contribution >= 0.6 is 0 Å². The van der Waals surface area contributed by atoms with Crippen LogP contribution < -0.4 is 10.6 Å². The van der Waals surface area contributed by atoms with Gasteiger partial charge in [0.2, 0.25) is 0 Å². The maximum Gasteiger partial charge on any atom is 0.340 e. The fourth-order valence-corrected chi connectivity index (χ4v) is 1.98. The third-order valence-corrected chi connectivity index (χ3v) is 2.80. The predicted octanol–water partition coefficient (Wildman–Crippen LogP) is 0.892. The van der Waals surface area contributed by atoms with E-state index in [0.717, 1.165) is 18.8 Å². The Morgan fingerprint density at radius 2 is 2.12 bits per heavy atom. The van der Waals surface area contributed by atoms with E-state index in [1.54, 1.807) is 18.2 Å². The van der Waals surface area contributed by atoms with Crippen molar-refractivity contribution in [3.63, 3.8) is 0 Å². The number of hydrogen-bond donors (Lipinski definition) is 1. The number of morpholine rings is 1. The van der Waals surface area contributed by atoms with E-state index in [2.05, 4.69) is 4.90 Å². The van der Waals surface area contributed by atoms with E-state index in [-0.39, 0.29) is 5.97 Å². The summed E-state index contributed by atoms with van der Waals surface area (Å²) in [5.41, 5.74) is 7.81. The lowest BCUT2D eigenvalue weighted by Crippen LogP contribution is -2.37. The Morgan fingerprint density at radius 3 is 2.76 bits per heavy atom. The first-order valence-electron chi connectivity index (χ1n) is 5.53. The average molecular weight is 236 g/mol. The molecule has 2 N–H and O–H groups in total. The third-order valence-electron chi connectivity index (χ3n) is 2.80. The number of carbonyl (C=O) groups excluding carboxylic acids is 1. The van der Waals surface area contributed by atoms with Crippen LogP contribution in [-0.4, -0.2) is 39.4 Å². The van der Waals surface area contributed by atoms with Gasteiger partial charge in [-0.1, -0.05) is 6.07 Å². The summed E-state index contributed by atoms with van der Waals surface area (Å²) < 4.78 is 10.1. The van der Waals surface area contributed by atoms with Gasteiger partial charge in [0.05, 0.1) is 37.3 Å². The zero-order valence-corrected chi connectivity index (χ0v) is 9.81. The van der Waals surface area contributed by atoms with Crippen LogP contribution in [0, 0.1) is 0 Å². The van der Waals surface area contributed by atoms with Crippen molar-refractivity contribution in [1.29, 1.82) is 0 Å². The lowest BCUT2D eigenvalue weighted by Gasteiger charge is -2.31. The largest absolute Gasteiger partial charge is 0.465 e. The number of methoxy groups -OCH3 is 1. The van der Waals surface area contributed by atoms with Gasteiger partial charge in [0.1, 0.15) is 0 Å². The van der Waals surface area contributed by atoms with Gasteiger partial charge in [0.25, 0.3) is 0 Å². The van der Waals surface area contributed by atoms with Crippen LogP contribution in [0.1, 0.15) is 10.4 Å². The van der Waals surface area contributed by atoms with E-state index in [4.69, 9.17) is 15.2 Å². The van der Waals surface area contributed by atoms with Crippen LogP contribution in [0.2, 0.25) is 0 Å². The predicted molar refractivity (Wildman–Crippen MR) is 65.2 cm³/mol. The summed E-state index contributed by atoms with van der Waals surface area (Å²) in [5.74, 6) is -0.362. The molecule has 0 spiro atoms. The number of nitrogens with two attached hydrogens (primary N) is 1. The minimum atomic E-state index is -0.362. The van der Waals surface area contributed by atoms with Crippen molar-refractivity contribution in [2.75, 3.05) is 44.0 Å². The summed E-state index contributed by atoms with van der Waals surface area (Å²) in [5, 5.41) is 0. The molecule has 1 saturated heterocycles. The van der Waals surface area contributed by atoms with Crippen LogP contribution in [0.25, 0.3) is 0 Å². The lowest BCUT2D eigenvalue weighted by molar-refractivity contribution is 0.0600. The Labute approximate surface area is 100 Å². The van der Waals surface area contributed by atoms with Crippen molar-refractivity contribution in [1.82, 2.24) is 0 Å². The van der Waals surface area contributed by atoms with Gasteiger partial charge in [-0.3, -0.25) is 0 Å². The van der Waals surface area contributed by atoms with E-state index in [0.29, 0.717) is 24.5 Å². The molecule has 1 aromatic rings. The highest BCUT2D eigenvalue weighted by atomic mass is 16.5. The molecule has 17 heavy (non-hydrogen) atoms. The van der Waals surface area contributed by atoms with Crippen molar-refractivity contribution < 1.29 is 14.3 Å². The number of hydrogen-bond acceptors (Lipinski definition) is 5. The number of carbonyl (C=O) groups is 1. The van der Waals surface area contributed by atoms with Gasteiger partial charge >= 0.3 is 5.97 Å². The number of esters is 1. The van der Waals surface area contributed by atoms with Crippen LogP contribution in [0.4, 0.5) is 11.4 Å². The second kappa shape index (κ2) is 5.05. The molecular formula is C12H16N2O3. The molecule has 5 nitrogen and oxygen atoms in total. The molecular weight excluding hydrogens is 220 g/mol. The topological polar surface area (TPSA) is 64.8 Å². The second-order valence-electron chi connectivity index (χ2n) is 3.83. The average Bonchev–Trinajstić information content (AvgIpc) is 2.38. The van der Waals surface area contributed by atoms with E-state index >= 15 is 0 Å². The Morgan fingerprint density at radius 1 is 1.41 bits per heavy atom. The Kier molecular flexibility index (Phi) is 3.49. The van der Waals surface area contributed by atoms with E-state index in [1.807, 2.05) is 0 Å². The van der Waals surface area contributed by atoms with Crippen LogP contribution in [0.15, 0.2) is 18.2 Å². The molecule has 0 aromatic heterocycles. The van der Waals surface area contributed by atoms with Gasteiger partial charge in [-0.25, -0.2) is 4.79 Å². The number of nitrogens with zero attached hydrogens (tertiary/aromatic N) is 1. The smallest absolute Gasteiger partial charge is 0.340 e. The monoisotopic (exact) mass is 236 g/mol. The molecule has 92 valence electrons. The van der Waals surface area contributed by atoms with E-state index in [9.17, 15) is 4.79 Å². The van der Waals surface area contributed by atoms with Crippen LogP contribution in [0.3, 0.4) is 0 Å². The number of rotatable bonds is 2. The number of para-hydroxylation sites is 1. The number of anilines is 2. The van der Waals surface area contributed by atoms with Gasteiger partial charge in [-0.15, -0.1) is 0 Å². The molecule has 0 saturated carbocycles. The van der Waals surface area contributed by atoms with Crippen LogP contribution in [-0.2, 0) is 9.47 Å². The van der Waals surface area contributed by atoms with Gasteiger partial charge in [0.15, 0.2) is 0 Å². The highest BCUT2D eigenvalue weighted by molar-refractivity contribution is 5.99. The van der Waals surface area contributed by atoms with Gasteiger partial charge in [-0.05, 0) is 12.1 Å². The van der Waals surface area contributed by atoms with Gasteiger partial charge in [-0.2, -0.15) is 0 Å². The van der Waals surface area contributed by atoms with Crippen molar-refractivity contribution in [2.24, 2.45) is 0 Å². The Bertz CT molecular complexity index is 414. The summed E-state index contributed by atoms with van der Waals surface area (Å²) in [6.07, 6.45) is 0. The molecule has 0 radical (unpaired) electrons. The fourth-order valence-electron chi connectivity index (χ4n) is 1.98. The highest BCUT2D eigenvalue weighted by Crippen LogP contribution is 2.29. The fraction of sp³-hybridized carbons (Fsp3) is 0.417. The molecule has 0 atom stereocenters. The van der Waals surface area contributed by atoms with Crippen molar-refractivity contribution in [2.45, 2.75) is 0 Å². The molecule has 0 unspecified atom stereocenters. The molecule has 0 amide bonds. The molecule has 1 aromatic carbocycles. The van der Waals surface area contributed by atoms with Crippen molar-refractivity contribution in [3.05, 3.63) is 23.8 Å². The molecule has 1 aliphatic heterocycles. The standard InChI is InChI=1S/C12H16N2O3/c1-16-12(15)9-3-2-4-10(13)11(9)14-5-7-17-8-6-14/h2-4H,5-8,13H2,1H3. The first-order valence-corrected chi connectivity index (χ1v) is 5.53. The summed E-state index contributed by atoms with van der Waals surface area (Å²) >= 11 is 0. The maximum absolute atomic E-state index is 11.7. The van der Waals surface area contributed by atoms with Crippen molar-refractivity contribution >= 4 is 17.3 Å². The number of nitrogen functional groups attached to an aromatic ring is 1. The second-order valence-corrected chi connectivity index (χ2v) is 3.83. The summed E-state index contributed by atoms with van der Waals surface area (Å²) in [6, 6.07) is 5.27. The first kappa shape index (κ1) is 11.7. The summed E-state index contributed by atoms with van der Waals surface area (Å²) in [7, 11) is 1.37. The SMILES string of the molecule is COC(=O)c1cccc(N)c1N1CCOCC1. The molecule has 0 bridgehead atoms. The molecule has 1 aliphatic rings. The normalized spacial score (nSPS) is 15.7.